The Balaban J connectivity index is 2.54. The summed E-state index contributed by atoms with van der Waals surface area (Å²) in [4.78, 5) is 13.2. The fourth-order valence-corrected chi connectivity index (χ4v) is 1.78. The summed E-state index contributed by atoms with van der Waals surface area (Å²) in [6.07, 6.45) is 2.62. The van der Waals surface area contributed by atoms with Gasteiger partial charge in [0.05, 0.1) is 0 Å². The van der Waals surface area contributed by atoms with Gasteiger partial charge in [-0.15, -0.1) is 0 Å². The molecule has 0 aliphatic heterocycles. The van der Waals surface area contributed by atoms with Gasteiger partial charge >= 0.3 is 0 Å². The van der Waals surface area contributed by atoms with E-state index in [0.29, 0.717) is 11.6 Å². The van der Waals surface area contributed by atoms with Crippen LogP contribution >= 0.6 is 0 Å². The molecule has 0 fully saturated rings. The number of rotatable bonds is 3. The van der Waals surface area contributed by atoms with Crippen molar-refractivity contribution in [2.24, 2.45) is 5.84 Å². The lowest BCUT2D eigenvalue weighted by molar-refractivity contribution is 0.971. The van der Waals surface area contributed by atoms with E-state index in [4.69, 9.17) is 5.84 Å². The summed E-state index contributed by atoms with van der Waals surface area (Å²) in [5.41, 5.74) is 6.47. The minimum Gasteiger partial charge on any atom is -0.308 e. The quantitative estimate of drug-likeness (QED) is 0.637. The van der Waals surface area contributed by atoms with Gasteiger partial charge in [0, 0.05) is 28.7 Å². The topological polar surface area (TPSA) is 76.7 Å². The van der Waals surface area contributed by atoms with Crippen molar-refractivity contribution < 1.29 is 0 Å². The summed E-state index contributed by atoms with van der Waals surface area (Å²) >= 11 is 0. The van der Waals surface area contributed by atoms with Crippen LogP contribution in [0.2, 0.25) is 0 Å². The van der Waals surface area contributed by atoms with E-state index in [0.717, 1.165) is 28.9 Å². The molecule has 0 amide bonds. The fraction of sp³-hybridized carbons (Fsp3) is 0.308. The van der Waals surface area contributed by atoms with E-state index >= 15 is 0 Å². The van der Waals surface area contributed by atoms with E-state index in [1.165, 1.54) is 0 Å². The van der Waals surface area contributed by atoms with Crippen LogP contribution in [0.3, 0.4) is 0 Å². The highest BCUT2D eigenvalue weighted by molar-refractivity contribution is 5.58. The molecule has 0 radical (unpaired) electrons. The van der Waals surface area contributed by atoms with Crippen LogP contribution in [-0.4, -0.2) is 15.0 Å². The first-order chi connectivity index (χ1) is 8.65. The molecule has 2 heterocycles. The maximum atomic E-state index is 5.49. The number of nitrogen functional groups attached to an aromatic ring is 1. The molecule has 0 saturated heterocycles. The number of hydrazine groups is 1. The second-order valence-electron chi connectivity index (χ2n) is 4.15. The van der Waals surface area contributed by atoms with Crippen molar-refractivity contribution in [3.8, 4) is 11.4 Å². The van der Waals surface area contributed by atoms with Crippen molar-refractivity contribution in [1.82, 2.24) is 15.0 Å². The highest BCUT2D eigenvalue weighted by Gasteiger charge is 2.10. The monoisotopic (exact) mass is 243 g/mol. The number of nitrogens with zero attached hydrogens (tertiary/aromatic N) is 3. The van der Waals surface area contributed by atoms with Gasteiger partial charge in [0.15, 0.2) is 5.82 Å². The van der Waals surface area contributed by atoms with Crippen LogP contribution in [0.15, 0.2) is 18.3 Å². The Hall–Kier alpha value is -2.01. The van der Waals surface area contributed by atoms with Crippen LogP contribution in [0, 0.1) is 13.8 Å². The Morgan fingerprint density at radius 3 is 2.56 bits per heavy atom. The maximum absolute atomic E-state index is 5.49. The minimum atomic E-state index is 0.651. The zero-order valence-corrected chi connectivity index (χ0v) is 10.9. The highest BCUT2D eigenvalue weighted by atomic mass is 15.3. The summed E-state index contributed by atoms with van der Waals surface area (Å²) in [7, 11) is 0. The van der Waals surface area contributed by atoms with E-state index in [9.17, 15) is 0 Å². The van der Waals surface area contributed by atoms with E-state index in [-0.39, 0.29) is 0 Å². The molecule has 2 aromatic heterocycles. The SMILES string of the molecule is CCc1nc(-c2ccc(C)nc2)nc(NN)c1C. The number of aryl methyl sites for hydroxylation is 2. The predicted molar refractivity (Wildman–Crippen MR) is 71.9 cm³/mol. The molecule has 94 valence electrons. The van der Waals surface area contributed by atoms with Crippen LogP contribution in [0.25, 0.3) is 11.4 Å². The van der Waals surface area contributed by atoms with Gasteiger partial charge in [0.2, 0.25) is 0 Å². The first-order valence-electron chi connectivity index (χ1n) is 5.92. The summed E-state index contributed by atoms with van der Waals surface area (Å²) < 4.78 is 0. The van der Waals surface area contributed by atoms with Crippen LogP contribution in [0.1, 0.15) is 23.9 Å². The molecule has 2 aromatic rings. The maximum Gasteiger partial charge on any atom is 0.163 e. The average Bonchev–Trinajstić information content (AvgIpc) is 2.40. The molecule has 5 nitrogen and oxygen atoms in total. The first-order valence-corrected chi connectivity index (χ1v) is 5.92. The normalized spacial score (nSPS) is 10.4. The van der Waals surface area contributed by atoms with Crippen molar-refractivity contribution in [3.63, 3.8) is 0 Å². The Morgan fingerprint density at radius 2 is 2.00 bits per heavy atom. The van der Waals surface area contributed by atoms with E-state index in [1.807, 2.05) is 26.0 Å². The molecule has 0 spiro atoms. The smallest absolute Gasteiger partial charge is 0.163 e. The third kappa shape index (κ3) is 2.31. The van der Waals surface area contributed by atoms with Gasteiger partial charge in [-0.25, -0.2) is 15.8 Å². The Bertz CT molecular complexity index is 523. The second kappa shape index (κ2) is 5.10. The Morgan fingerprint density at radius 1 is 1.22 bits per heavy atom. The predicted octanol–water partition coefficient (Wildman–Crippen LogP) is 2.00. The molecule has 3 N–H and O–H groups in total. The van der Waals surface area contributed by atoms with Crippen molar-refractivity contribution in [3.05, 3.63) is 35.3 Å². The molecule has 0 aliphatic carbocycles. The number of nitrogens with two attached hydrogens (primary N) is 1. The van der Waals surface area contributed by atoms with Gasteiger partial charge in [-0.3, -0.25) is 4.98 Å². The third-order valence-electron chi connectivity index (χ3n) is 2.89. The molecule has 0 saturated carbocycles. The molecule has 0 unspecified atom stereocenters. The molecular weight excluding hydrogens is 226 g/mol. The Labute approximate surface area is 106 Å². The van der Waals surface area contributed by atoms with Crippen LogP contribution in [0.4, 0.5) is 5.82 Å². The molecular formula is C13H17N5. The van der Waals surface area contributed by atoms with Gasteiger partial charge in [-0.1, -0.05) is 6.92 Å². The number of hydrogen-bond acceptors (Lipinski definition) is 5. The van der Waals surface area contributed by atoms with Crippen LogP contribution in [0.5, 0.6) is 0 Å². The molecule has 2 rings (SSSR count). The number of hydrogen-bond donors (Lipinski definition) is 2. The molecule has 0 aliphatic rings. The Kier molecular flexibility index (Phi) is 3.53. The van der Waals surface area contributed by atoms with Crippen LogP contribution in [-0.2, 0) is 6.42 Å². The largest absolute Gasteiger partial charge is 0.308 e. The lowest BCUT2D eigenvalue weighted by Crippen LogP contribution is -2.13. The van der Waals surface area contributed by atoms with Crippen molar-refractivity contribution >= 4 is 5.82 Å². The fourth-order valence-electron chi connectivity index (χ4n) is 1.78. The van der Waals surface area contributed by atoms with E-state index in [1.54, 1.807) is 6.20 Å². The third-order valence-corrected chi connectivity index (χ3v) is 2.89. The highest BCUT2D eigenvalue weighted by Crippen LogP contribution is 2.21. The van der Waals surface area contributed by atoms with Gasteiger partial charge in [0.25, 0.3) is 0 Å². The van der Waals surface area contributed by atoms with Gasteiger partial charge in [-0.05, 0) is 32.4 Å². The van der Waals surface area contributed by atoms with Gasteiger partial charge < -0.3 is 5.43 Å². The lowest BCUT2D eigenvalue weighted by Gasteiger charge is -2.10. The first kappa shape index (κ1) is 12.4. The lowest BCUT2D eigenvalue weighted by atomic mass is 10.1. The van der Waals surface area contributed by atoms with Crippen molar-refractivity contribution in [1.29, 1.82) is 0 Å². The molecule has 0 atom stereocenters. The van der Waals surface area contributed by atoms with E-state index < -0.39 is 0 Å². The number of aromatic nitrogens is 3. The summed E-state index contributed by atoms with van der Waals surface area (Å²) in [6, 6.07) is 3.91. The molecule has 0 bridgehead atoms. The van der Waals surface area contributed by atoms with Crippen molar-refractivity contribution in [2.45, 2.75) is 27.2 Å². The standard InChI is InChI=1S/C13H17N5/c1-4-11-9(3)12(18-14)17-13(16-11)10-6-5-8(2)15-7-10/h5-7H,4,14H2,1-3H3,(H,16,17,18). The van der Waals surface area contributed by atoms with Crippen LogP contribution < -0.4 is 11.3 Å². The average molecular weight is 243 g/mol. The zero-order valence-electron chi connectivity index (χ0n) is 10.9. The summed E-state index contributed by atoms with van der Waals surface area (Å²) in [5.74, 6) is 6.80. The molecule has 18 heavy (non-hydrogen) atoms. The van der Waals surface area contributed by atoms with E-state index in [2.05, 4.69) is 27.3 Å². The molecule has 0 aromatic carbocycles. The second-order valence-corrected chi connectivity index (χ2v) is 4.15. The van der Waals surface area contributed by atoms with Gasteiger partial charge in [-0.2, -0.15) is 0 Å². The summed E-state index contributed by atoms with van der Waals surface area (Å²) in [6.45, 7) is 5.97. The summed E-state index contributed by atoms with van der Waals surface area (Å²) in [5, 5.41) is 0. The molecule has 5 heteroatoms. The van der Waals surface area contributed by atoms with Gasteiger partial charge in [0.1, 0.15) is 5.82 Å². The number of anilines is 1. The van der Waals surface area contributed by atoms with Crippen molar-refractivity contribution in [2.75, 3.05) is 5.43 Å². The minimum absolute atomic E-state index is 0.651. The number of nitrogens with one attached hydrogen (secondary N) is 1. The number of pyridine rings is 1. The zero-order chi connectivity index (χ0) is 13.1.